The molecule has 2 heterocycles. The van der Waals surface area contributed by atoms with Crippen LogP contribution in [0.4, 0.5) is 0 Å². The SMILES string of the molecule is CCC1CCC(C)N1CC(=O)c1cc(Br)sc1Br. The normalized spacial score (nSPS) is 24.7. The number of carbonyl (C=O) groups excluding carboxylic acids is 1. The molecule has 100 valence electrons. The predicted octanol–water partition coefficient (Wildman–Crippen LogP) is 4.72. The van der Waals surface area contributed by atoms with Crippen LogP contribution >= 0.6 is 43.2 Å². The van der Waals surface area contributed by atoms with Crippen molar-refractivity contribution in [1.82, 2.24) is 4.90 Å². The van der Waals surface area contributed by atoms with Gasteiger partial charge in [-0.1, -0.05) is 6.92 Å². The van der Waals surface area contributed by atoms with Crippen molar-refractivity contribution in [2.24, 2.45) is 0 Å². The molecule has 1 aromatic heterocycles. The Bertz CT molecular complexity index is 446. The molecule has 0 saturated carbocycles. The van der Waals surface area contributed by atoms with Crippen LogP contribution in [0.2, 0.25) is 0 Å². The maximum atomic E-state index is 12.4. The molecule has 0 spiro atoms. The number of likely N-dealkylation sites (tertiary alicyclic amines) is 1. The first-order chi connectivity index (χ1) is 8.52. The molecule has 0 aromatic carbocycles. The molecular formula is C13H17Br2NOS. The molecule has 0 radical (unpaired) electrons. The van der Waals surface area contributed by atoms with Gasteiger partial charge in [0.25, 0.3) is 0 Å². The summed E-state index contributed by atoms with van der Waals surface area (Å²) in [6.45, 7) is 4.97. The molecule has 0 bridgehead atoms. The Morgan fingerprint density at radius 1 is 1.50 bits per heavy atom. The number of halogens is 2. The molecule has 2 nitrogen and oxygen atoms in total. The van der Waals surface area contributed by atoms with Crippen LogP contribution in [0.3, 0.4) is 0 Å². The molecule has 1 aromatic rings. The van der Waals surface area contributed by atoms with E-state index in [1.54, 1.807) is 11.3 Å². The Hall–Kier alpha value is 0.290. The molecule has 2 unspecified atom stereocenters. The third kappa shape index (κ3) is 3.06. The Morgan fingerprint density at radius 3 is 2.78 bits per heavy atom. The highest BCUT2D eigenvalue weighted by atomic mass is 79.9. The summed E-state index contributed by atoms with van der Waals surface area (Å²) in [6.07, 6.45) is 3.56. The van der Waals surface area contributed by atoms with Crippen LogP contribution < -0.4 is 0 Å². The highest BCUT2D eigenvalue weighted by Crippen LogP contribution is 2.33. The minimum atomic E-state index is 0.219. The van der Waals surface area contributed by atoms with Crippen molar-refractivity contribution in [2.45, 2.75) is 45.2 Å². The van der Waals surface area contributed by atoms with E-state index in [2.05, 4.69) is 50.6 Å². The van der Waals surface area contributed by atoms with Crippen LogP contribution in [-0.2, 0) is 0 Å². The van der Waals surface area contributed by atoms with E-state index in [4.69, 9.17) is 0 Å². The van der Waals surface area contributed by atoms with Crippen molar-refractivity contribution in [2.75, 3.05) is 6.54 Å². The second kappa shape index (κ2) is 6.16. The second-order valence-electron chi connectivity index (χ2n) is 4.82. The van der Waals surface area contributed by atoms with Gasteiger partial charge in [-0.3, -0.25) is 9.69 Å². The average molecular weight is 395 g/mol. The molecule has 1 fully saturated rings. The van der Waals surface area contributed by atoms with Crippen LogP contribution in [-0.4, -0.2) is 29.3 Å². The van der Waals surface area contributed by atoms with Crippen molar-refractivity contribution in [1.29, 1.82) is 0 Å². The monoisotopic (exact) mass is 393 g/mol. The van der Waals surface area contributed by atoms with Crippen LogP contribution in [0.1, 0.15) is 43.5 Å². The maximum Gasteiger partial charge on any atom is 0.178 e. The fourth-order valence-electron chi connectivity index (χ4n) is 2.63. The molecular weight excluding hydrogens is 378 g/mol. The van der Waals surface area contributed by atoms with E-state index < -0.39 is 0 Å². The van der Waals surface area contributed by atoms with Gasteiger partial charge in [-0.15, -0.1) is 11.3 Å². The molecule has 5 heteroatoms. The number of thiophene rings is 1. The summed E-state index contributed by atoms with van der Waals surface area (Å²) in [5.41, 5.74) is 0.806. The Morgan fingerprint density at radius 2 is 2.22 bits per heavy atom. The topological polar surface area (TPSA) is 20.3 Å². The van der Waals surface area contributed by atoms with E-state index in [1.165, 1.54) is 12.8 Å². The molecule has 18 heavy (non-hydrogen) atoms. The van der Waals surface area contributed by atoms with Crippen molar-refractivity contribution >= 4 is 49.0 Å². The fraction of sp³-hybridized carbons (Fsp3) is 0.615. The van der Waals surface area contributed by atoms with Crippen LogP contribution in [0.5, 0.6) is 0 Å². The molecule has 1 aliphatic heterocycles. The van der Waals surface area contributed by atoms with Gasteiger partial charge in [-0.2, -0.15) is 0 Å². The van der Waals surface area contributed by atoms with Gasteiger partial charge in [0.05, 0.1) is 14.1 Å². The summed E-state index contributed by atoms with van der Waals surface area (Å²) in [5, 5.41) is 0. The summed E-state index contributed by atoms with van der Waals surface area (Å²) in [6, 6.07) is 3.02. The first-order valence-corrected chi connectivity index (χ1v) is 8.67. The van der Waals surface area contributed by atoms with Gasteiger partial charge in [0.1, 0.15) is 0 Å². The lowest BCUT2D eigenvalue weighted by Crippen LogP contribution is -2.38. The number of rotatable bonds is 4. The standard InChI is InChI=1S/C13H17Br2NOS/c1-3-9-5-4-8(2)16(9)7-11(17)10-6-12(14)18-13(10)15/h6,8-9H,3-5,7H2,1-2H3. The third-order valence-electron chi connectivity index (χ3n) is 3.71. The Balaban J connectivity index is 2.09. The van der Waals surface area contributed by atoms with Gasteiger partial charge in [0.15, 0.2) is 5.78 Å². The van der Waals surface area contributed by atoms with E-state index in [0.29, 0.717) is 18.6 Å². The average Bonchev–Trinajstić information content (AvgIpc) is 2.83. The molecule has 2 atom stereocenters. The van der Waals surface area contributed by atoms with Crippen LogP contribution in [0, 0.1) is 0 Å². The summed E-state index contributed by atoms with van der Waals surface area (Å²) in [5.74, 6) is 0.219. The highest BCUT2D eigenvalue weighted by Gasteiger charge is 2.31. The summed E-state index contributed by atoms with van der Waals surface area (Å²) >= 11 is 8.44. The number of ketones is 1. The largest absolute Gasteiger partial charge is 0.293 e. The number of nitrogens with zero attached hydrogens (tertiary/aromatic N) is 1. The van der Waals surface area contributed by atoms with Gasteiger partial charge < -0.3 is 0 Å². The first kappa shape index (κ1) is 14.7. The molecule has 2 rings (SSSR count). The van der Waals surface area contributed by atoms with Crippen LogP contribution in [0.15, 0.2) is 13.6 Å². The lowest BCUT2D eigenvalue weighted by molar-refractivity contribution is 0.0889. The van der Waals surface area contributed by atoms with E-state index in [1.807, 2.05) is 6.07 Å². The smallest absolute Gasteiger partial charge is 0.178 e. The third-order valence-corrected chi connectivity index (χ3v) is 6.05. The number of Topliss-reactive ketones (excluding diaryl/α,β-unsaturated/α-hetero) is 1. The van der Waals surface area contributed by atoms with Crippen LogP contribution in [0.25, 0.3) is 0 Å². The first-order valence-electron chi connectivity index (χ1n) is 6.26. The quantitative estimate of drug-likeness (QED) is 0.688. The Labute approximate surface area is 129 Å². The predicted molar refractivity (Wildman–Crippen MR) is 83.5 cm³/mol. The lowest BCUT2D eigenvalue weighted by Gasteiger charge is -2.26. The molecule has 1 saturated heterocycles. The zero-order chi connectivity index (χ0) is 13.3. The summed E-state index contributed by atoms with van der Waals surface area (Å²) in [7, 11) is 0. The minimum absolute atomic E-state index is 0.219. The second-order valence-corrected chi connectivity index (χ2v) is 8.57. The van der Waals surface area contributed by atoms with Crippen molar-refractivity contribution < 1.29 is 4.79 Å². The Kier molecular flexibility index (Phi) is 5.03. The van der Waals surface area contributed by atoms with Crippen molar-refractivity contribution in [3.05, 3.63) is 19.2 Å². The summed E-state index contributed by atoms with van der Waals surface area (Å²) in [4.78, 5) is 14.7. The van der Waals surface area contributed by atoms with Gasteiger partial charge in [0, 0.05) is 17.6 Å². The van der Waals surface area contributed by atoms with Crippen molar-refractivity contribution in [3.63, 3.8) is 0 Å². The fourth-order valence-corrected chi connectivity index (χ4v) is 5.49. The van der Waals surface area contributed by atoms with Gasteiger partial charge in [-0.05, 0) is 64.1 Å². The van der Waals surface area contributed by atoms with Crippen molar-refractivity contribution in [3.8, 4) is 0 Å². The van der Waals surface area contributed by atoms with E-state index >= 15 is 0 Å². The lowest BCUT2D eigenvalue weighted by atomic mass is 10.1. The van der Waals surface area contributed by atoms with Gasteiger partial charge in [0.2, 0.25) is 0 Å². The van der Waals surface area contributed by atoms with E-state index in [9.17, 15) is 4.79 Å². The number of hydrogen-bond donors (Lipinski definition) is 0. The number of carbonyl (C=O) groups is 1. The molecule has 0 amide bonds. The zero-order valence-electron chi connectivity index (χ0n) is 10.6. The van der Waals surface area contributed by atoms with Gasteiger partial charge >= 0.3 is 0 Å². The van der Waals surface area contributed by atoms with Gasteiger partial charge in [-0.25, -0.2) is 0 Å². The summed E-state index contributed by atoms with van der Waals surface area (Å²) < 4.78 is 1.93. The maximum absolute atomic E-state index is 12.4. The minimum Gasteiger partial charge on any atom is -0.293 e. The highest BCUT2D eigenvalue weighted by molar-refractivity contribution is 9.12. The molecule has 0 N–H and O–H groups in total. The van der Waals surface area contributed by atoms with E-state index in [0.717, 1.165) is 19.6 Å². The van der Waals surface area contributed by atoms with E-state index in [-0.39, 0.29) is 5.78 Å². The molecule has 1 aliphatic rings. The zero-order valence-corrected chi connectivity index (χ0v) is 14.6. The molecule has 0 aliphatic carbocycles. The number of hydrogen-bond acceptors (Lipinski definition) is 3.